The summed E-state index contributed by atoms with van der Waals surface area (Å²) < 4.78 is 13.4. The Kier molecular flexibility index (Phi) is 12.2. The van der Waals surface area contributed by atoms with Gasteiger partial charge in [-0.3, -0.25) is 0 Å². The van der Waals surface area contributed by atoms with Crippen molar-refractivity contribution in [2.45, 2.75) is 106 Å². The van der Waals surface area contributed by atoms with Gasteiger partial charge in [0.25, 0.3) is 0 Å². The van der Waals surface area contributed by atoms with Gasteiger partial charge in [0, 0.05) is 0 Å². The highest BCUT2D eigenvalue weighted by Crippen LogP contribution is 2.45. The van der Waals surface area contributed by atoms with Gasteiger partial charge in [-0.15, -0.1) is 0 Å². The minimum atomic E-state index is -0.907. The number of allylic oxidation sites excluding steroid dienone is 1. The summed E-state index contributed by atoms with van der Waals surface area (Å²) in [7, 11) is -1.80. The van der Waals surface area contributed by atoms with E-state index in [2.05, 4.69) is 117 Å². The van der Waals surface area contributed by atoms with Crippen molar-refractivity contribution >= 4 is 23.7 Å². The molecule has 0 aliphatic heterocycles. The molecule has 2 radical (unpaired) electrons. The third kappa shape index (κ3) is 9.60. The van der Waals surface area contributed by atoms with Crippen LogP contribution in [-0.2, 0) is 21.7 Å². The fourth-order valence-corrected chi connectivity index (χ4v) is 6.83. The second-order valence-corrected chi connectivity index (χ2v) is 17.1. The average Bonchev–Trinajstić information content (AvgIpc) is 2.81. The zero-order valence-corrected chi connectivity index (χ0v) is 27.9. The minimum Gasteiger partial charge on any atom is -0.410 e. The lowest BCUT2D eigenvalue weighted by molar-refractivity contribution is 0.0655. The quantitative estimate of drug-likeness (QED) is 0.267. The van der Waals surface area contributed by atoms with E-state index >= 15 is 0 Å². The maximum Gasteiger partial charge on any atom is 0.205 e. The summed E-state index contributed by atoms with van der Waals surface area (Å²) in [5.74, 6) is 0. The van der Waals surface area contributed by atoms with Crippen LogP contribution in [0.15, 0.2) is 48.5 Å². The van der Waals surface area contributed by atoms with Gasteiger partial charge in [0.05, 0.1) is 18.8 Å². The van der Waals surface area contributed by atoms with Crippen LogP contribution < -0.4 is 0 Å². The molecule has 0 saturated heterocycles. The molecule has 38 heavy (non-hydrogen) atoms. The van der Waals surface area contributed by atoms with Crippen molar-refractivity contribution in [3.63, 3.8) is 0 Å². The average molecular weight is 553 g/mol. The van der Waals surface area contributed by atoms with Gasteiger partial charge in [-0.2, -0.15) is 0 Å². The highest BCUT2D eigenvalue weighted by Gasteiger charge is 2.36. The van der Waals surface area contributed by atoms with Crippen LogP contribution in [0.2, 0.25) is 26.2 Å². The van der Waals surface area contributed by atoms with Gasteiger partial charge in [-0.25, -0.2) is 0 Å². The molecular weight excluding hydrogens is 501 g/mol. The van der Waals surface area contributed by atoms with Crippen LogP contribution in [-0.4, -0.2) is 29.8 Å². The molecule has 2 aromatic carbocycles. The summed E-state index contributed by atoms with van der Waals surface area (Å²) in [6.07, 6.45) is 4.80. The fourth-order valence-electron chi connectivity index (χ4n) is 4.92. The Balaban J connectivity index is 2.52. The Bertz CT molecular complexity index is 1040. The predicted molar refractivity (Wildman–Crippen MR) is 167 cm³/mol. The van der Waals surface area contributed by atoms with E-state index in [1.54, 1.807) is 0 Å². The summed E-state index contributed by atoms with van der Waals surface area (Å²) in [5, 5.41) is 9.40. The van der Waals surface area contributed by atoms with E-state index in [0.717, 1.165) is 19.3 Å². The molecule has 2 atom stereocenters. The lowest BCUT2D eigenvalue weighted by Gasteiger charge is -2.39. The predicted octanol–water partition coefficient (Wildman–Crippen LogP) is 8.97. The van der Waals surface area contributed by atoms with Crippen molar-refractivity contribution < 1.29 is 14.0 Å². The highest BCUT2D eigenvalue weighted by molar-refractivity contribution is 6.48. The molecule has 3 nitrogen and oxygen atoms in total. The molecule has 0 heterocycles. The topological polar surface area (TPSA) is 38.7 Å². The first-order chi connectivity index (χ1) is 17.7. The van der Waals surface area contributed by atoms with Crippen LogP contribution in [0.1, 0.15) is 94.9 Å². The molecular formula is C33H52O3Si2. The lowest BCUT2D eigenvalue weighted by Crippen LogP contribution is -2.31. The zero-order chi connectivity index (χ0) is 28.7. The van der Waals surface area contributed by atoms with Gasteiger partial charge in [0.1, 0.15) is 0 Å². The maximum atomic E-state index is 9.40. The first-order valence-electron chi connectivity index (χ1n) is 14.1. The zero-order valence-electron chi connectivity index (χ0n) is 25.9. The molecule has 0 fully saturated rings. The number of aliphatic hydroxyl groups is 1. The van der Waals surface area contributed by atoms with Gasteiger partial charge in [-0.1, -0.05) is 97.0 Å². The molecule has 0 aliphatic rings. The molecule has 2 aromatic rings. The van der Waals surface area contributed by atoms with Crippen LogP contribution in [0.5, 0.6) is 0 Å². The minimum absolute atomic E-state index is 0.0123. The molecule has 2 unspecified atom stereocenters. The Morgan fingerprint density at radius 1 is 0.789 bits per heavy atom. The van der Waals surface area contributed by atoms with Crippen molar-refractivity contribution in [1.29, 1.82) is 0 Å². The first kappa shape index (κ1) is 32.7. The van der Waals surface area contributed by atoms with Crippen LogP contribution in [0, 0.1) is 10.8 Å². The number of rotatable bonds is 12. The van der Waals surface area contributed by atoms with Crippen molar-refractivity contribution in [3.05, 3.63) is 76.4 Å². The number of aliphatic hydroxyl groups excluding tert-OH is 1. The van der Waals surface area contributed by atoms with Crippen molar-refractivity contribution in [2.24, 2.45) is 10.8 Å². The highest BCUT2D eigenvalue weighted by atomic mass is 28.3. The van der Waals surface area contributed by atoms with Crippen LogP contribution >= 0.6 is 0 Å². The molecule has 0 bridgehead atoms. The van der Waals surface area contributed by atoms with Crippen molar-refractivity contribution in [2.75, 3.05) is 6.61 Å². The molecule has 0 spiro atoms. The third-order valence-electron chi connectivity index (χ3n) is 6.72. The Morgan fingerprint density at radius 3 is 1.79 bits per heavy atom. The van der Waals surface area contributed by atoms with E-state index in [0.29, 0.717) is 0 Å². The largest absolute Gasteiger partial charge is 0.410 e. The Hall–Kier alpha value is -1.51. The van der Waals surface area contributed by atoms with Gasteiger partial charge >= 0.3 is 0 Å². The van der Waals surface area contributed by atoms with E-state index in [4.69, 9.17) is 8.85 Å². The maximum absolute atomic E-state index is 9.40. The summed E-state index contributed by atoms with van der Waals surface area (Å²) in [5.41, 5.74) is 7.57. The summed E-state index contributed by atoms with van der Waals surface area (Å²) in [6, 6.07) is 15.8. The number of benzene rings is 2. The fraction of sp³-hybridized carbons (Fsp3) is 0.576. The third-order valence-corrected chi connectivity index (χ3v) is 8.13. The smallest absolute Gasteiger partial charge is 0.205 e. The Labute approximate surface area is 237 Å². The number of aryl methyl sites for hydroxylation is 2. The van der Waals surface area contributed by atoms with Crippen molar-refractivity contribution in [1.82, 2.24) is 0 Å². The van der Waals surface area contributed by atoms with Crippen LogP contribution in [0.25, 0.3) is 5.57 Å². The normalized spacial score (nSPS) is 14.8. The molecule has 210 valence electrons. The van der Waals surface area contributed by atoms with E-state index in [9.17, 15) is 5.11 Å². The number of hydrogen-bond acceptors (Lipinski definition) is 3. The molecule has 0 aromatic heterocycles. The molecule has 2 rings (SSSR count). The van der Waals surface area contributed by atoms with Gasteiger partial charge < -0.3 is 14.0 Å². The van der Waals surface area contributed by atoms with Gasteiger partial charge in [-0.05, 0) is 89.7 Å². The van der Waals surface area contributed by atoms with Gasteiger partial charge in [0.2, 0.25) is 18.1 Å². The Morgan fingerprint density at radius 2 is 1.32 bits per heavy atom. The first-order valence-corrected chi connectivity index (χ1v) is 18.9. The second kappa shape index (κ2) is 14.2. The molecule has 5 heteroatoms. The monoisotopic (exact) mass is 552 g/mol. The lowest BCUT2D eigenvalue weighted by atomic mass is 9.77. The van der Waals surface area contributed by atoms with E-state index < -0.39 is 18.1 Å². The molecule has 0 saturated carbocycles. The molecule has 1 N–H and O–H groups in total. The van der Waals surface area contributed by atoms with E-state index in [1.165, 1.54) is 33.4 Å². The summed E-state index contributed by atoms with van der Waals surface area (Å²) in [6.45, 7) is 24.8. The number of hydrogen-bond donors (Lipinski definition) is 1. The molecule has 0 aliphatic carbocycles. The molecule has 0 amide bonds. The summed E-state index contributed by atoms with van der Waals surface area (Å²) >= 11 is 0. The van der Waals surface area contributed by atoms with Crippen molar-refractivity contribution in [3.8, 4) is 0 Å². The summed E-state index contributed by atoms with van der Waals surface area (Å²) in [4.78, 5) is 0. The standard InChI is InChI=1S/C33H52O3Si2/c1-12-26(20-21-34)27-15-13-14-24(22-27)16-17-25-18-19-28(30(32(2,3)4)35-37(8)9)29(23-25)31(33(5,6)7)36-38(10)11/h13-15,18-20,22-23,30-31,34H,12,16-17,21H2,1-11H3. The van der Waals surface area contributed by atoms with Crippen LogP contribution in [0.4, 0.5) is 0 Å². The van der Waals surface area contributed by atoms with Crippen LogP contribution in [0.3, 0.4) is 0 Å². The second-order valence-electron chi connectivity index (χ2n) is 13.0. The van der Waals surface area contributed by atoms with Gasteiger partial charge in [0.15, 0.2) is 0 Å². The van der Waals surface area contributed by atoms with E-state index in [1.807, 2.05) is 6.08 Å². The van der Waals surface area contributed by atoms with E-state index in [-0.39, 0.29) is 29.6 Å². The SMILES string of the molecule is CCC(=CCO)c1cccc(CCc2ccc(C(O[Si](C)C)C(C)(C)C)c(C(O[Si](C)C)C(C)(C)C)c2)c1.